The van der Waals surface area contributed by atoms with Gasteiger partial charge in [-0.25, -0.2) is 0 Å². The summed E-state index contributed by atoms with van der Waals surface area (Å²) in [6.07, 6.45) is 5.20. The van der Waals surface area contributed by atoms with Crippen molar-refractivity contribution in [2.45, 2.75) is 51.5 Å². The molecule has 112 valence electrons. The molecule has 0 fully saturated rings. The number of nitrogens with zero attached hydrogens (tertiary/aromatic N) is 1. The minimum atomic E-state index is 0.653. The number of nitrogens with one attached hydrogen (secondary N) is 1. The molecule has 20 heavy (non-hydrogen) atoms. The fraction of sp³-hybridized carbons (Fsp3) is 0.667. The number of aryl methyl sites for hydroxylation is 1. The topological polar surface area (TPSA) is 15.3 Å². The van der Waals surface area contributed by atoms with E-state index in [0.29, 0.717) is 6.04 Å². The molecule has 0 bridgehead atoms. The van der Waals surface area contributed by atoms with Gasteiger partial charge in [0.25, 0.3) is 0 Å². The van der Waals surface area contributed by atoms with Crippen LogP contribution in [0, 0.1) is 0 Å². The predicted octanol–water partition coefficient (Wildman–Crippen LogP) is 3.43. The van der Waals surface area contributed by atoms with Crippen molar-refractivity contribution in [1.82, 2.24) is 10.2 Å². The average molecular weight is 274 g/mol. The van der Waals surface area contributed by atoms with E-state index in [0.717, 1.165) is 19.0 Å². The fourth-order valence-corrected chi connectivity index (χ4v) is 3.05. The quantitative estimate of drug-likeness (QED) is 0.766. The monoisotopic (exact) mass is 274 g/mol. The van der Waals surface area contributed by atoms with Crippen LogP contribution < -0.4 is 5.32 Å². The lowest BCUT2D eigenvalue weighted by Gasteiger charge is -2.26. The summed E-state index contributed by atoms with van der Waals surface area (Å²) >= 11 is 0. The Morgan fingerprint density at radius 2 is 2.10 bits per heavy atom. The third-order valence-electron chi connectivity index (χ3n) is 4.63. The number of benzene rings is 1. The standard InChI is InChI=1S/C18H30N2/c1-15(2)20(3)13-7-12-19-14-17-10-6-9-16-8-4-5-11-18(16)17/h4-5,8,11,15,17,19H,6-7,9-10,12-14H2,1-3H3. The van der Waals surface area contributed by atoms with Gasteiger partial charge in [-0.3, -0.25) is 0 Å². The van der Waals surface area contributed by atoms with Crippen LogP contribution in [0.2, 0.25) is 0 Å². The molecule has 1 aliphatic rings. The Bertz CT molecular complexity index is 400. The Morgan fingerprint density at radius 3 is 2.90 bits per heavy atom. The summed E-state index contributed by atoms with van der Waals surface area (Å²) < 4.78 is 0. The molecular formula is C18H30N2. The fourth-order valence-electron chi connectivity index (χ4n) is 3.05. The molecule has 1 aliphatic carbocycles. The van der Waals surface area contributed by atoms with Gasteiger partial charge in [0.2, 0.25) is 0 Å². The highest BCUT2D eigenvalue weighted by atomic mass is 15.1. The molecule has 1 aromatic rings. The zero-order chi connectivity index (χ0) is 14.4. The summed E-state index contributed by atoms with van der Waals surface area (Å²) in [5.41, 5.74) is 3.16. The van der Waals surface area contributed by atoms with Gasteiger partial charge < -0.3 is 10.2 Å². The van der Waals surface area contributed by atoms with Crippen molar-refractivity contribution >= 4 is 0 Å². The number of rotatable bonds is 7. The van der Waals surface area contributed by atoms with E-state index in [1.807, 2.05) is 0 Å². The summed E-state index contributed by atoms with van der Waals surface area (Å²) in [6.45, 7) is 7.98. The van der Waals surface area contributed by atoms with Gasteiger partial charge in [-0.2, -0.15) is 0 Å². The Balaban J connectivity index is 1.70. The zero-order valence-corrected chi connectivity index (χ0v) is 13.4. The number of fused-ring (bicyclic) bond motifs is 1. The van der Waals surface area contributed by atoms with E-state index in [1.54, 1.807) is 11.1 Å². The van der Waals surface area contributed by atoms with Crippen molar-refractivity contribution in [1.29, 1.82) is 0 Å². The number of hydrogen-bond donors (Lipinski definition) is 1. The summed E-state index contributed by atoms with van der Waals surface area (Å²) in [7, 11) is 2.21. The molecule has 0 saturated carbocycles. The second-order valence-electron chi connectivity index (χ2n) is 6.42. The van der Waals surface area contributed by atoms with Crippen molar-refractivity contribution in [3.05, 3.63) is 35.4 Å². The highest BCUT2D eigenvalue weighted by Crippen LogP contribution is 2.30. The smallest absolute Gasteiger partial charge is 0.00355 e. The molecule has 0 radical (unpaired) electrons. The molecule has 2 rings (SSSR count). The van der Waals surface area contributed by atoms with Crippen molar-refractivity contribution in [2.75, 3.05) is 26.7 Å². The minimum Gasteiger partial charge on any atom is -0.316 e. The molecule has 1 unspecified atom stereocenters. The maximum absolute atomic E-state index is 3.66. The van der Waals surface area contributed by atoms with Crippen LogP contribution in [0.15, 0.2) is 24.3 Å². The van der Waals surface area contributed by atoms with Gasteiger partial charge >= 0.3 is 0 Å². The molecule has 0 aliphatic heterocycles. The first kappa shape index (κ1) is 15.5. The van der Waals surface area contributed by atoms with Crippen LogP contribution in [0.4, 0.5) is 0 Å². The summed E-state index contributed by atoms with van der Waals surface area (Å²) in [5, 5.41) is 3.66. The Hall–Kier alpha value is -0.860. The lowest BCUT2D eigenvalue weighted by atomic mass is 9.83. The normalized spacial score (nSPS) is 18.6. The van der Waals surface area contributed by atoms with Gasteiger partial charge in [0.05, 0.1) is 0 Å². The Morgan fingerprint density at radius 1 is 1.30 bits per heavy atom. The van der Waals surface area contributed by atoms with Gasteiger partial charge in [0, 0.05) is 12.6 Å². The van der Waals surface area contributed by atoms with Crippen LogP contribution in [0.1, 0.15) is 50.2 Å². The van der Waals surface area contributed by atoms with Gasteiger partial charge in [-0.15, -0.1) is 0 Å². The Kier molecular flexibility index (Phi) is 6.06. The molecule has 1 N–H and O–H groups in total. The van der Waals surface area contributed by atoms with E-state index in [2.05, 4.69) is 55.4 Å². The molecule has 2 heteroatoms. The molecule has 0 spiro atoms. The zero-order valence-electron chi connectivity index (χ0n) is 13.4. The van der Waals surface area contributed by atoms with E-state index in [9.17, 15) is 0 Å². The van der Waals surface area contributed by atoms with E-state index in [1.165, 1.54) is 32.2 Å². The molecule has 0 saturated heterocycles. The first-order chi connectivity index (χ1) is 9.68. The van der Waals surface area contributed by atoms with E-state index >= 15 is 0 Å². The molecule has 2 nitrogen and oxygen atoms in total. The summed E-state index contributed by atoms with van der Waals surface area (Å²) in [4.78, 5) is 2.41. The maximum Gasteiger partial charge on any atom is 0.00355 e. The highest BCUT2D eigenvalue weighted by molar-refractivity contribution is 5.32. The predicted molar refractivity (Wildman–Crippen MR) is 87.4 cm³/mol. The van der Waals surface area contributed by atoms with E-state index < -0.39 is 0 Å². The largest absolute Gasteiger partial charge is 0.316 e. The number of hydrogen-bond acceptors (Lipinski definition) is 2. The molecule has 0 aromatic heterocycles. The maximum atomic E-state index is 3.66. The van der Waals surface area contributed by atoms with Crippen molar-refractivity contribution in [2.24, 2.45) is 0 Å². The van der Waals surface area contributed by atoms with E-state index in [4.69, 9.17) is 0 Å². The van der Waals surface area contributed by atoms with Crippen LogP contribution in [-0.2, 0) is 6.42 Å². The average Bonchev–Trinajstić information content (AvgIpc) is 2.46. The lowest BCUT2D eigenvalue weighted by molar-refractivity contribution is 0.269. The van der Waals surface area contributed by atoms with Crippen molar-refractivity contribution in [3.8, 4) is 0 Å². The second-order valence-corrected chi connectivity index (χ2v) is 6.42. The third kappa shape index (κ3) is 4.32. The first-order valence-corrected chi connectivity index (χ1v) is 8.17. The SMILES string of the molecule is CC(C)N(C)CCCNCC1CCCc2ccccc21. The van der Waals surface area contributed by atoms with Crippen molar-refractivity contribution < 1.29 is 0 Å². The molecular weight excluding hydrogens is 244 g/mol. The second kappa shape index (κ2) is 7.80. The molecule has 0 amide bonds. The van der Waals surface area contributed by atoms with Crippen LogP contribution in [0.5, 0.6) is 0 Å². The van der Waals surface area contributed by atoms with Gasteiger partial charge in [0.15, 0.2) is 0 Å². The minimum absolute atomic E-state index is 0.653. The molecule has 1 atom stereocenters. The third-order valence-corrected chi connectivity index (χ3v) is 4.63. The van der Waals surface area contributed by atoms with Crippen LogP contribution in [0.3, 0.4) is 0 Å². The first-order valence-electron chi connectivity index (χ1n) is 8.17. The van der Waals surface area contributed by atoms with E-state index in [-0.39, 0.29) is 0 Å². The van der Waals surface area contributed by atoms with Gasteiger partial charge in [-0.1, -0.05) is 24.3 Å². The molecule has 1 aromatic carbocycles. The van der Waals surface area contributed by atoms with Crippen LogP contribution in [-0.4, -0.2) is 37.6 Å². The van der Waals surface area contributed by atoms with Crippen LogP contribution in [0.25, 0.3) is 0 Å². The Labute approximate surface area is 124 Å². The van der Waals surface area contributed by atoms with Gasteiger partial charge in [-0.05, 0) is 76.7 Å². The highest BCUT2D eigenvalue weighted by Gasteiger charge is 2.18. The van der Waals surface area contributed by atoms with Crippen molar-refractivity contribution in [3.63, 3.8) is 0 Å². The summed E-state index contributed by atoms with van der Waals surface area (Å²) in [5.74, 6) is 0.725. The van der Waals surface area contributed by atoms with Gasteiger partial charge in [0.1, 0.15) is 0 Å². The molecule has 0 heterocycles. The summed E-state index contributed by atoms with van der Waals surface area (Å²) in [6, 6.07) is 9.65. The lowest BCUT2D eigenvalue weighted by Crippen LogP contribution is -2.31. The van der Waals surface area contributed by atoms with Crippen LogP contribution >= 0.6 is 0 Å².